The number of aliphatic carboxylic acids is 1. The first kappa shape index (κ1) is 17.2. The molecule has 0 aromatic carbocycles. The molecule has 19 heavy (non-hydrogen) atoms. The van der Waals surface area contributed by atoms with Crippen molar-refractivity contribution in [3.8, 4) is 0 Å². The molecular formula is C12H23N3O4. The summed E-state index contributed by atoms with van der Waals surface area (Å²) >= 11 is 0. The Balaban J connectivity index is 5.01. The molecule has 0 saturated heterocycles. The Bertz CT molecular complexity index is 360. The molecule has 0 spiro atoms. The second-order valence-electron chi connectivity index (χ2n) is 5.72. The van der Waals surface area contributed by atoms with Crippen molar-refractivity contribution >= 4 is 17.9 Å². The monoisotopic (exact) mass is 273 g/mol. The van der Waals surface area contributed by atoms with Crippen LogP contribution >= 0.6 is 0 Å². The van der Waals surface area contributed by atoms with Gasteiger partial charge in [-0.2, -0.15) is 0 Å². The third kappa shape index (κ3) is 5.58. The number of rotatable bonds is 5. The smallest absolute Gasteiger partial charge is 0.323 e. The van der Waals surface area contributed by atoms with Gasteiger partial charge in [0.05, 0.1) is 0 Å². The number of hydrogen-bond donors (Lipinski definition) is 3. The number of nitrogens with zero attached hydrogens (tertiary/aromatic N) is 1. The third-order valence-corrected chi connectivity index (χ3v) is 2.60. The van der Waals surface area contributed by atoms with Crippen molar-refractivity contribution < 1.29 is 19.5 Å². The van der Waals surface area contributed by atoms with Crippen molar-refractivity contribution in [1.29, 1.82) is 0 Å². The summed E-state index contributed by atoms with van der Waals surface area (Å²) in [6, 6.07) is -1.45. The minimum atomic E-state index is -1.12. The van der Waals surface area contributed by atoms with Gasteiger partial charge in [-0.1, -0.05) is 13.8 Å². The van der Waals surface area contributed by atoms with Gasteiger partial charge >= 0.3 is 12.0 Å². The van der Waals surface area contributed by atoms with Crippen LogP contribution in [0.4, 0.5) is 4.79 Å². The first-order valence-corrected chi connectivity index (χ1v) is 6.06. The molecule has 0 aliphatic rings. The van der Waals surface area contributed by atoms with Crippen molar-refractivity contribution in [2.75, 3.05) is 6.54 Å². The maximum atomic E-state index is 12.1. The molecule has 0 radical (unpaired) electrons. The van der Waals surface area contributed by atoms with Gasteiger partial charge in [-0.3, -0.25) is 9.59 Å². The van der Waals surface area contributed by atoms with E-state index in [0.717, 1.165) is 4.90 Å². The van der Waals surface area contributed by atoms with Gasteiger partial charge in [0, 0.05) is 5.54 Å². The van der Waals surface area contributed by atoms with Crippen LogP contribution in [0, 0.1) is 5.92 Å². The summed E-state index contributed by atoms with van der Waals surface area (Å²) in [5.74, 6) is -1.94. The zero-order valence-electron chi connectivity index (χ0n) is 12.1. The van der Waals surface area contributed by atoms with Crippen LogP contribution in [0.1, 0.15) is 34.6 Å². The minimum Gasteiger partial charge on any atom is -0.480 e. The number of carboxylic acids is 1. The van der Waals surface area contributed by atoms with E-state index in [1.165, 1.54) is 0 Å². The van der Waals surface area contributed by atoms with Crippen LogP contribution in [-0.2, 0) is 9.59 Å². The van der Waals surface area contributed by atoms with Crippen LogP contribution in [0.5, 0.6) is 0 Å². The normalized spacial score (nSPS) is 12.9. The first-order chi connectivity index (χ1) is 8.46. The lowest BCUT2D eigenvalue weighted by Crippen LogP contribution is -2.57. The van der Waals surface area contributed by atoms with Crippen LogP contribution in [0.2, 0.25) is 0 Å². The van der Waals surface area contributed by atoms with Crippen molar-refractivity contribution in [3.63, 3.8) is 0 Å². The lowest BCUT2D eigenvalue weighted by Gasteiger charge is -2.35. The molecule has 0 saturated carbocycles. The molecule has 0 aromatic heterocycles. The van der Waals surface area contributed by atoms with Crippen LogP contribution in [0.25, 0.3) is 0 Å². The molecule has 0 aliphatic carbocycles. The van der Waals surface area contributed by atoms with Gasteiger partial charge in [-0.15, -0.1) is 0 Å². The third-order valence-electron chi connectivity index (χ3n) is 2.60. The number of carboxylic acid groups (broad SMARTS) is 1. The molecule has 0 rings (SSSR count). The molecular weight excluding hydrogens is 250 g/mol. The Hall–Kier alpha value is -1.79. The summed E-state index contributed by atoms with van der Waals surface area (Å²) in [5.41, 5.74) is 4.53. The Morgan fingerprint density at radius 1 is 1.26 bits per heavy atom. The standard InChI is InChI=1S/C12H23N3O4/c1-7(2)9(10(13)18)14-11(19)15(6-8(16)17)12(3,4)5/h7,9H,6H2,1-5H3,(H2,13,18)(H,14,19)(H,16,17). The zero-order chi connectivity index (χ0) is 15.4. The summed E-state index contributed by atoms with van der Waals surface area (Å²) in [5, 5.41) is 11.3. The highest BCUT2D eigenvalue weighted by Gasteiger charge is 2.31. The number of urea groups is 1. The van der Waals surface area contributed by atoms with Crippen LogP contribution < -0.4 is 11.1 Å². The van der Waals surface area contributed by atoms with E-state index in [2.05, 4.69) is 5.32 Å². The second-order valence-corrected chi connectivity index (χ2v) is 5.72. The van der Waals surface area contributed by atoms with Gasteiger partial charge in [-0.25, -0.2) is 4.79 Å². The predicted molar refractivity (Wildman–Crippen MR) is 70.4 cm³/mol. The van der Waals surface area contributed by atoms with E-state index in [9.17, 15) is 14.4 Å². The quantitative estimate of drug-likeness (QED) is 0.672. The molecule has 3 amide bonds. The maximum absolute atomic E-state index is 12.1. The average Bonchev–Trinajstić information content (AvgIpc) is 2.19. The van der Waals surface area contributed by atoms with E-state index in [4.69, 9.17) is 10.8 Å². The van der Waals surface area contributed by atoms with E-state index in [-0.39, 0.29) is 5.92 Å². The topological polar surface area (TPSA) is 113 Å². The molecule has 110 valence electrons. The number of nitrogens with two attached hydrogens (primary N) is 1. The molecule has 0 heterocycles. The van der Waals surface area contributed by atoms with Gasteiger partial charge in [0.2, 0.25) is 5.91 Å². The number of amides is 3. The number of carbonyl (C=O) groups excluding carboxylic acids is 2. The summed E-state index contributed by atoms with van der Waals surface area (Å²) in [6.07, 6.45) is 0. The van der Waals surface area contributed by atoms with Gasteiger partial charge in [0.25, 0.3) is 0 Å². The molecule has 0 fully saturated rings. The molecule has 1 atom stereocenters. The Morgan fingerprint density at radius 2 is 1.74 bits per heavy atom. The highest BCUT2D eigenvalue weighted by Crippen LogP contribution is 2.14. The van der Waals surface area contributed by atoms with E-state index in [1.54, 1.807) is 34.6 Å². The molecule has 7 nitrogen and oxygen atoms in total. The van der Waals surface area contributed by atoms with E-state index in [1.807, 2.05) is 0 Å². The maximum Gasteiger partial charge on any atom is 0.323 e. The summed E-state index contributed by atoms with van der Waals surface area (Å²) < 4.78 is 0. The Kier molecular flexibility index (Phi) is 5.80. The number of primary amides is 1. The molecule has 0 aliphatic heterocycles. The zero-order valence-corrected chi connectivity index (χ0v) is 12.1. The van der Waals surface area contributed by atoms with Crippen LogP contribution in [0.3, 0.4) is 0 Å². The Labute approximate surface area is 113 Å². The number of nitrogens with one attached hydrogen (secondary N) is 1. The van der Waals surface area contributed by atoms with Gasteiger partial charge in [-0.05, 0) is 26.7 Å². The van der Waals surface area contributed by atoms with Crippen molar-refractivity contribution in [3.05, 3.63) is 0 Å². The lowest BCUT2D eigenvalue weighted by atomic mass is 10.0. The fraction of sp³-hybridized carbons (Fsp3) is 0.750. The van der Waals surface area contributed by atoms with Gasteiger partial charge in [0.15, 0.2) is 0 Å². The summed E-state index contributed by atoms with van der Waals surface area (Å²) in [4.78, 5) is 35.3. The minimum absolute atomic E-state index is 0.173. The summed E-state index contributed by atoms with van der Waals surface area (Å²) in [7, 11) is 0. The molecule has 0 bridgehead atoms. The fourth-order valence-corrected chi connectivity index (χ4v) is 1.53. The van der Waals surface area contributed by atoms with Crippen molar-refractivity contribution in [2.24, 2.45) is 11.7 Å². The van der Waals surface area contributed by atoms with Crippen molar-refractivity contribution in [1.82, 2.24) is 10.2 Å². The first-order valence-electron chi connectivity index (χ1n) is 6.06. The lowest BCUT2D eigenvalue weighted by molar-refractivity contribution is -0.138. The molecule has 0 aromatic rings. The van der Waals surface area contributed by atoms with Gasteiger partial charge in [0.1, 0.15) is 12.6 Å². The Morgan fingerprint density at radius 3 is 2.00 bits per heavy atom. The second kappa shape index (κ2) is 6.40. The molecule has 7 heteroatoms. The highest BCUT2D eigenvalue weighted by atomic mass is 16.4. The van der Waals surface area contributed by atoms with E-state index >= 15 is 0 Å². The van der Waals surface area contributed by atoms with Crippen LogP contribution in [0.15, 0.2) is 0 Å². The highest BCUT2D eigenvalue weighted by molar-refractivity contribution is 5.87. The predicted octanol–water partition coefficient (Wildman–Crippen LogP) is 0.391. The molecule has 1 unspecified atom stereocenters. The SMILES string of the molecule is CC(C)C(NC(=O)N(CC(=O)O)C(C)(C)C)C(N)=O. The fourth-order valence-electron chi connectivity index (χ4n) is 1.53. The summed E-state index contributed by atoms with van der Waals surface area (Å²) in [6.45, 7) is 8.18. The molecule has 4 N–H and O–H groups in total. The number of carbonyl (C=O) groups is 3. The largest absolute Gasteiger partial charge is 0.480 e. The van der Waals surface area contributed by atoms with E-state index < -0.39 is 36.0 Å². The van der Waals surface area contributed by atoms with Gasteiger partial charge < -0.3 is 21.1 Å². The van der Waals surface area contributed by atoms with Crippen molar-refractivity contribution in [2.45, 2.75) is 46.2 Å². The van der Waals surface area contributed by atoms with E-state index in [0.29, 0.717) is 0 Å². The average molecular weight is 273 g/mol. The number of hydrogen-bond acceptors (Lipinski definition) is 3. The van der Waals surface area contributed by atoms with Crippen LogP contribution in [-0.4, -0.2) is 46.0 Å².